The molecular formula is C9H13N3O6. The minimum Gasteiger partial charge on any atom is -0.481 e. The predicted molar refractivity (Wildman–Crippen MR) is 59.5 cm³/mol. The number of nitrogens with zero attached hydrogens (tertiary/aromatic N) is 3. The number of aliphatic hydroxyl groups excluding tert-OH is 1. The van der Waals surface area contributed by atoms with E-state index in [1.165, 1.54) is 7.05 Å². The second-order valence-electron chi connectivity index (χ2n) is 3.58. The van der Waals surface area contributed by atoms with Crippen molar-refractivity contribution in [1.29, 1.82) is 0 Å². The first-order valence-corrected chi connectivity index (χ1v) is 5.13. The average Bonchev–Trinajstić information content (AvgIpc) is 2.31. The summed E-state index contributed by atoms with van der Waals surface area (Å²) in [7, 11) is 1.18. The minimum absolute atomic E-state index is 0.251. The summed E-state index contributed by atoms with van der Waals surface area (Å²) in [5, 5.41) is 17.3. The van der Waals surface area contributed by atoms with Crippen molar-refractivity contribution >= 4 is 5.97 Å². The Kier molecular flexibility index (Phi) is 4.21. The van der Waals surface area contributed by atoms with Crippen LogP contribution in [0, 0.1) is 0 Å². The van der Waals surface area contributed by atoms with Crippen LogP contribution in [0.5, 0.6) is 0 Å². The summed E-state index contributed by atoms with van der Waals surface area (Å²) in [6.07, 6.45) is -0.410. The van der Waals surface area contributed by atoms with Crippen LogP contribution in [0.1, 0.15) is 6.42 Å². The molecule has 0 aromatic carbocycles. The van der Waals surface area contributed by atoms with Gasteiger partial charge in [0.05, 0.1) is 19.6 Å². The molecule has 0 fully saturated rings. The Morgan fingerprint density at radius 1 is 1.06 bits per heavy atom. The van der Waals surface area contributed by atoms with Gasteiger partial charge in [0, 0.05) is 13.6 Å². The van der Waals surface area contributed by atoms with Crippen molar-refractivity contribution in [2.75, 3.05) is 6.61 Å². The number of carboxylic acids is 1. The molecular weight excluding hydrogens is 246 g/mol. The number of hydrogen-bond donors (Lipinski definition) is 2. The van der Waals surface area contributed by atoms with E-state index in [1.54, 1.807) is 0 Å². The van der Waals surface area contributed by atoms with E-state index >= 15 is 0 Å². The normalized spacial score (nSPS) is 10.6. The first-order valence-electron chi connectivity index (χ1n) is 5.13. The van der Waals surface area contributed by atoms with Crippen LogP contribution in [0.15, 0.2) is 14.4 Å². The lowest BCUT2D eigenvalue weighted by Crippen LogP contribution is -2.54. The molecule has 2 N–H and O–H groups in total. The van der Waals surface area contributed by atoms with Crippen molar-refractivity contribution in [3.63, 3.8) is 0 Å². The van der Waals surface area contributed by atoms with Gasteiger partial charge < -0.3 is 10.2 Å². The third-order valence-electron chi connectivity index (χ3n) is 2.37. The molecule has 1 aromatic rings. The van der Waals surface area contributed by atoms with Crippen molar-refractivity contribution in [2.24, 2.45) is 7.05 Å². The second kappa shape index (κ2) is 5.45. The highest BCUT2D eigenvalue weighted by Crippen LogP contribution is 1.82. The minimum atomic E-state index is -1.16. The van der Waals surface area contributed by atoms with Crippen LogP contribution in [0.2, 0.25) is 0 Å². The number of aliphatic hydroxyl groups is 1. The smallest absolute Gasteiger partial charge is 0.336 e. The third-order valence-corrected chi connectivity index (χ3v) is 2.37. The molecule has 9 heteroatoms. The van der Waals surface area contributed by atoms with Gasteiger partial charge >= 0.3 is 23.0 Å². The highest BCUT2D eigenvalue weighted by Gasteiger charge is 2.13. The molecule has 0 aliphatic carbocycles. The zero-order valence-electron chi connectivity index (χ0n) is 9.70. The summed E-state index contributed by atoms with van der Waals surface area (Å²) in [6, 6.07) is 0. The van der Waals surface area contributed by atoms with E-state index in [2.05, 4.69) is 0 Å². The molecule has 1 aromatic heterocycles. The summed E-state index contributed by atoms with van der Waals surface area (Å²) >= 11 is 0. The standard InChI is InChI=1S/C9H13N3O6/c1-10-7(16)11(3-2-6(14)15)9(18)12(4-5-13)8(10)17/h13H,2-5H2,1H3,(H,14,15). The van der Waals surface area contributed by atoms with Crippen molar-refractivity contribution in [2.45, 2.75) is 19.5 Å². The lowest BCUT2D eigenvalue weighted by molar-refractivity contribution is -0.137. The number of aromatic nitrogens is 3. The predicted octanol–water partition coefficient (Wildman–Crippen LogP) is -2.82. The van der Waals surface area contributed by atoms with E-state index in [-0.39, 0.29) is 13.1 Å². The molecule has 0 unspecified atom stereocenters. The van der Waals surface area contributed by atoms with Crippen LogP contribution >= 0.6 is 0 Å². The molecule has 1 rings (SSSR count). The van der Waals surface area contributed by atoms with Crippen molar-refractivity contribution in [1.82, 2.24) is 13.7 Å². The van der Waals surface area contributed by atoms with Gasteiger partial charge in [0.2, 0.25) is 0 Å². The number of hydrogen-bond acceptors (Lipinski definition) is 5. The van der Waals surface area contributed by atoms with Gasteiger partial charge in [-0.05, 0) is 0 Å². The fourth-order valence-corrected chi connectivity index (χ4v) is 1.44. The highest BCUT2D eigenvalue weighted by atomic mass is 16.4. The molecule has 1 heterocycles. The molecule has 18 heavy (non-hydrogen) atoms. The molecule has 0 amide bonds. The maximum atomic E-state index is 11.8. The topological polar surface area (TPSA) is 124 Å². The number of carboxylic acid groups (broad SMARTS) is 1. The zero-order valence-corrected chi connectivity index (χ0v) is 9.70. The van der Waals surface area contributed by atoms with Gasteiger partial charge in [-0.1, -0.05) is 0 Å². The molecule has 100 valence electrons. The molecule has 0 radical (unpaired) electrons. The van der Waals surface area contributed by atoms with Crippen molar-refractivity contribution in [3.8, 4) is 0 Å². The van der Waals surface area contributed by atoms with Crippen molar-refractivity contribution < 1.29 is 15.0 Å². The Labute approximate surface area is 100 Å². The Bertz CT molecular complexity index is 623. The van der Waals surface area contributed by atoms with Gasteiger partial charge in [0.25, 0.3) is 0 Å². The van der Waals surface area contributed by atoms with E-state index in [9.17, 15) is 19.2 Å². The largest absolute Gasteiger partial charge is 0.481 e. The Balaban J connectivity index is 3.43. The molecule has 0 saturated carbocycles. The third kappa shape index (κ3) is 2.56. The monoisotopic (exact) mass is 259 g/mol. The quantitative estimate of drug-likeness (QED) is 0.587. The van der Waals surface area contributed by atoms with E-state index in [1.807, 2.05) is 0 Å². The maximum absolute atomic E-state index is 11.8. The van der Waals surface area contributed by atoms with E-state index in [0.29, 0.717) is 13.7 Å². The molecule has 9 nitrogen and oxygen atoms in total. The molecule has 0 spiro atoms. The van der Waals surface area contributed by atoms with Crippen LogP contribution < -0.4 is 17.1 Å². The number of aliphatic carboxylic acids is 1. The lowest BCUT2D eigenvalue weighted by atomic mass is 10.4. The van der Waals surface area contributed by atoms with Gasteiger partial charge in [-0.15, -0.1) is 0 Å². The molecule has 0 aliphatic rings. The van der Waals surface area contributed by atoms with Crippen LogP contribution in [0.3, 0.4) is 0 Å². The van der Waals surface area contributed by atoms with Gasteiger partial charge in [0.1, 0.15) is 0 Å². The molecule has 0 bridgehead atoms. The fourth-order valence-electron chi connectivity index (χ4n) is 1.44. The van der Waals surface area contributed by atoms with Crippen molar-refractivity contribution in [3.05, 3.63) is 31.5 Å². The van der Waals surface area contributed by atoms with Crippen LogP contribution in [0.25, 0.3) is 0 Å². The molecule has 0 atom stereocenters. The summed E-state index contributed by atoms with van der Waals surface area (Å²) < 4.78 is 2.04. The van der Waals surface area contributed by atoms with Crippen LogP contribution in [-0.2, 0) is 24.9 Å². The first-order chi connectivity index (χ1) is 8.40. The summed E-state index contributed by atoms with van der Waals surface area (Å²) in [4.78, 5) is 45.4. The Morgan fingerprint density at radius 3 is 2.00 bits per heavy atom. The van der Waals surface area contributed by atoms with E-state index in [4.69, 9.17) is 10.2 Å². The van der Waals surface area contributed by atoms with E-state index < -0.39 is 36.1 Å². The lowest BCUT2D eigenvalue weighted by Gasteiger charge is -2.09. The second-order valence-corrected chi connectivity index (χ2v) is 3.58. The number of carbonyl (C=O) groups is 1. The van der Waals surface area contributed by atoms with Gasteiger partial charge in [-0.3, -0.25) is 4.79 Å². The SMILES string of the molecule is Cn1c(=O)n(CCO)c(=O)n(CCC(=O)O)c1=O. The highest BCUT2D eigenvalue weighted by molar-refractivity contribution is 5.66. The molecule has 0 saturated heterocycles. The Morgan fingerprint density at radius 2 is 1.56 bits per heavy atom. The Hall–Kier alpha value is -2.16. The van der Waals surface area contributed by atoms with Crippen LogP contribution in [-0.4, -0.2) is 36.5 Å². The van der Waals surface area contributed by atoms with Crippen LogP contribution in [0.4, 0.5) is 0 Å². The fraction of sp³-hybridized carbons (Fsp3) is 0.556. The average molecular weight is 259 g/mol. The summed E-state index contributed by atoms with van der Waals surface area (Å²) in [6.45, 7) is -1.02. The van der Waals surface area contributed by atoms with Gasteiger partial charge in [-0.2, -0.15) is 0 Å². The summed E-state index contributed by atoms with van der Waals surface area (Å²) in [5.41, 5.74) is -2.63. The number of rotatable bonds is 5. The van der Waals surface area contributed by atoms with Gasteiger partial charge in [-0.25, -0.2) is 28.1 Å². The first kappa shape index (κ1) is 13.9. The summed E-state index contributed by atoms with van der Waals surface area (Å²) in [5.74, 6) is -1.16. The van der Waals surface area contributed by atoms with Gasteiger partial charge in [0.15, 0.2) is 0 Å². The maximum Gasteiger partial charge on any atom is 0.336 e. The molecule has 0 aliphatic heterocycles. The van der Waals surface area contributed by atoms with E-state index in [0.717, 1.165) is 0 Å². The zero-order chi connectivity index (χ0) is 13.9.